The molecule has 0 saturated heterocycles. The maximum absolute atomic E-state index is 13.6. The third-order valence-corrected chi connectivity index (χ3v) is 3.16. The minimum atomic E-state index is -0.178. The maximum Gasteiger partial charge on any atom is 0.127 e. The van der Waals surface area contributed by atoms with Gasteiger partial charge in [0, 0.05) is 23.7 Å². The Balaban J connectivity index is 2.04. The van der Waals surface area contributed by atoms with Crippen LogP contribution in [0.2, 0.25) is 0 Å². The van der Waals surface area contributed by atoms with Gasteiger partial charge in [-0.15, -0.1) is 0 Å². The van der Waals surface area contributed by atoms with Crippen molar-refractivity contribution >= 4 is 0 Å². The molecule has 1 atom stereocenters. The van der Waals surface area contributed by atoms with Crippen LogP contribution in [-0.4, -0.2) is 7.11 Å². The summed E-state index contributed by atoms with van der Waals surface area (Å²) in [7, 11) is 1.65. The molecule has 100 valence electrons. The monoisotopic (exact) mass is 259 g/mol. The molecule has 0 unspecified atom stereocenters. The van der Waals surface area contributed by atoms with Gasteiger partial charge in [0.1, 0.15) is 11.6 Å². The van der Waals surface area contributed by atoms with Crippen LogP contribution >= 0.6 is 0 Å². The minimum Gasteiger partial charge on any atom is -0.496 e. The van der Waals surface area contributed by atoms with Gasteiger partial charge in [-0.1, -0.05) is 36.4 Å². The molecule has 19 heavy (non-hydrogen) atoms. The van der Waals surface area contributed by atoms with Gasteiger partial charge in [-0.3, -0.25) is 0 Å². The van der Waals surface area contributed by atoms with Crippen molar-refractivity contribution in [1.82, 2.24) is 5.32 Å². The Bertz CT molecular complexity index is 542. The van der Waals surface area contributed by atoms with Gasteiger partial charge in [-0.05, 0) is 19.1 Å². The summed E-state index contributed by atoms with van der Waals surface area (Å²) in [6, 6.07) is 14.6. The number of hydrogen-bond acceptors (Lipinski definition) is 2. The molecule has 0 amide bonds. The highest BCUT2D eigenvalue weighted by Crippen LogP contribution is 2.20. The molecule has 0 aliphatic heterocycles. The van der Waals surface area contributed by atoms with E-state index in [0.717, 1.165) is 11.3 Å². The van der Waals surface area contributed by atoms with Crippen LogP contribution in [0.15, 0.2) is 48.5 Å². The smallest absolute Gasteiger partial charge is 0.127 e. The lowest BCUT2D eigenvalue weighted by Gasteiger charge is -2.16. The lowest BCUT2D eigenvalue weighted by molar-refractivity contribution is 0.405. The first-order valence-corrected chi connectivity index (χ1v) is 6.32. The van der Waals surface area contributed by atoms with Crippen molar-refractivity contribution in [1.29, 1.82) is 0 Å². The summed E-state index contributed by atoms with van der Waals surface area (Å²) in [4.78, 5) is 0. The molecular formula is C16H18FNO. The second-order valence-corrected chi connectivity index (χ2v) is 4.44. The summed E-state index contributed by atoms with van der Waals surface area (Å²) in [6.07, 6.45) is 0. The van der Waals surface area contributed by atoms with Crippen LogP contribution in [0.4, 0.5) is 4.39 Å². The van der Waals surface area contributed by atoms with Gasteiger partial charge in [0.15, 0.2) is 0 Å². The van der Waals surface area contributed by atoms with E-state index in [9.17, 15) is 4.39 Å². The third-order valence-electron chi connectivity index (χ3n) is 3.16. The molecule has 0 aromatic heterocycles. The fourth-order valence-electron chi connectivity index (χ4n) is 2.05. The molecule has 3 heteroatoms. The number of methoxy groups -OCH3 is 1. The molecule has 0 fully saturated rings. The summed E-state index contributed by atoms with van der Waals surface area (Å²) in [6.45, 7) is 2.59. The van der Waals surface area contributed by atoms with Gasteiger partial charge < -0.3 is 10.1 Å². The van der Waals surface area contributed by atoms with Crippen LogP contribution in [0.5, 0.6) is 5.75 Å². The Kier molecular flexibility index (Phi) is 4.53. The number of para-hydroxylation sites is 1. The minimum absolute atomic E-state index is 0.0499. The van der Waals surface area contributed by atoms with E-state index in [1.807, 2.05) is 37.3 Å². The van der Waals surface area contributed by atoms with E-state index in [-0.39, 0.29) is 11.9 Å². The van der Waals surface area contributed by atoms with E-state index in [1.54, 1.807) is 19.2 Å². The van der Waals surface area contributed by atoms with Gasteiger partial charge in [0.25, 0.3) is 0 Å². The molecule has 0 saturated carbocycles. The standard InChI is InChI=1S/C16H18FNO/c1-12(14-8-4-5-9-15(14)17)18-11-13-7-3-6-10-16(13)19-2/h3-10,12,18H,11H2,1-2H3/t12-/m1/s1. The number of ether oxygens (including phenoxy) is 1. The van der Waals surface area contributed by atoms with E-state index in [1.165, 1.54) is 6.07 Å². The Hall–Kier alpha value is -1.87. The fraction of sp³-hybridized carbons (Fsp3) is 0.250. The predicted octanol–water partition coefficient (Wildman–Crippen LogP) is 3.69. The lowest BCUT2D eigenvalue weighted by Crippen LogP contribution is -2.19. The number of nitrogens with one attached hydrogen (secondary N) is 1. The zero-order chi connectivity index (χ0) is 13.7. The van der Waals surface area contributed by atoms with Crippen molar-refractivity contribution in [2.24, 2.45) is 0 Å². The Morgan fingerprint density at radius 2 is 1.79 bits per heavy atom. The predicted molar refractivity (Wildman–Crippen MR) is 74.6 cm³/mol. The second kappa shape index (κ2) is 6.34. The zero-order valence-corrected chi connectivity index (χ0v) is 11.2. The first-order chi connectivity index (χ1) is 9.22. The van der Waals surface area contributed by atoms with E-state index in [0.29, 0.717) is 12.1 Å². The van der Waals surface area contributed by atoms with Crippen molar-refractivity contribution in [2.45, 2.75) is 19.5 Å². The number of hydrogen-bond donors (Lipinski definition) is 1. The molecule has 2 nitrogen and oxygen atoms in total. The van der Waals surface area contributed by atoms with Crippen molar-refractivity contribution in [3.05, 3.63) is 65.5 Å². The summed E-state index contributed by atoms with van der Waals surface area (Å²) in [5.74, 6) is 0.665. The molecule has 2 aromatic carbocycles. The molecule has 0 heterocycles. The summed E-state index contributed by atoms with van der Waals surface area (Å²) >= 11 is 0. The van der Waals surface area contributed by atoms with Crippen LogP contribution < -0.4 is 10.1 Å². The van der Waals surface area contributed by atoms with Crippen molar-refractivity contribution in [3.63, 3.8) is 0 Å². The van der Waals surface area contributed by atoms with Crippen LogP contribution in [0.25, 0.3) is 0 Å². The van der Waals surface area contributed by atoms with Gasteiger partial charge in [-0.2, -0.15) is 0 Å². The van der Waals surface area contributed by atoms with Crippen LogP contribution in [-0.2, 0) is 6.54 Å². The van der Waals surface area contributed by atoms with Crippen molar-refractivity contribution < 1.29 is 9.13 Å². The SMILES string of the molecule is COc1ccccc1CN[C@H](C)c1ccccc1F. The van der Waals surface area contributed by atoms with Crippen LogP contribution in [0.3, 0.4) is 0 Å². The Morgan fingerprint density at radius 1 is 1.11 bits per heavy atom. The highest BCUT2D eigenvalue weighted by Gasteiger charge is 2.10. The van der Waals surface area contributed by atoms with Crippen LogP contribution in [0.1, 0.15) is 24.1 Å². The third kappa shape index (κ3) is 3.32. The highest BCUT2D eigenvalue weighted by molar-refractivity contribution is 5.33. The van der Waals surface area contributed by atoms with Gasteiger partial charge in [-0.25, -0.2) is 4.39 Å². The summed E-state index contributed by atoms with van der Waals surface area (Å²) in [5, 5.41) is 3.31. The topological polar surface area (TPSA) is 21.3 Å². The van der Waals surface area contributed by atoms with E-state index < -0.39 is 0 Å². The highest BCUT2D eigenvalue weighted by atomic mass is 19.1. The Labute approximate surface area is 113 Å². The fourth-order valence-corrected chi connectivity index (χ4v) is 2.05. The number of halogens is 1. The average molecular weight is 259 g/mol. The first-order valence-electron chi connectivity index (χ1n) is 6.32. The maximum atomic E-state index is 13.6. The first kappa shape index (κ1) is 13.6. The molecule has 0 aliphatic rings. The van der Waals surface area contributed by atoms with E-state index >= 15 is 0 Å². The van der Waals surface area contributed by atoms with Crippen molar-refractivity contribution in [3.8, 4) is 5.75 Å². The summed E-state index contributed by atoms with van der Waals surface area (Å²) < 4.78 is 18.9. The van der Waals surface area contributed by atoms with Gasteiger partial charge in [0.05, 0.1) is 7.11 Å². The summed E-state index contributed by atoms with van der Waals surface area (Å²) in [5.41, 5.74) is 1.74. The molecule has 0 bridgehead atoms. The van der Waals surface area contributed by atoms with Gasteiger partial charge >= 0.3 is 0 Å². The molecule has 0 radical (unpaired) electrons. The lowest BCUT2D eigenvalue weighted by atomic mass is 10.1. The Morgan fingerprint density at radius 3 is 2.53 bits per heavy atom. The second-order valence-electron chi connectivity index (χ2n) is 4.44. The quantitative estimate of drug-likeness (QED) is 0.884. The number of benzene rings is 2. The molecule has 0 spiro atoms. The molecule has 1 N–H and O–H groups in total. The molecule has 2 rings (SSSR count). The van der Waals surface area contributed by atoms with Gasteiger partial charge in [0.2, 0.25) is 0 Å². The molecule has 0 aliphatic carbocycles. The largest absolute Gasteiger partial charge is 0.496 e. The van der Waals surface area contributed by atoms with E-state index in [4.69, 9.17) is 4.74 Å². The molecule has 2 aromatic rings. The average Bonchev–Trinajstić information content (AvgIpc) is 2.45. The normalized spacial score (nSPS) is 12.2. The molecular weight excluding hydrogens is 241 g/mol. The number of rotatable bonds is 5. The zero-order valence-electron chi connectivity index (χ0n) is 11.2. The van der Waals surface area contributed by atoms with Crippen molar-refractivity contribution in [2.75, 3.05) is 7.11 Å². The van der Waals surface area contributed by atoms with Crippen LogP contribution in [0, 0.1) is 5.82 Å². The van der Waals surface area contributed by atoms with E-state index in [2.05, 4.69) is 5.32 Å².